The first-order chi connectivity index (χ1) is 10.6. The second kappa shape index (κ2) is 15.0. The van der Waals surface area contributed by atoms with Crippen molar-refractivity contribution in [1.29, 1.82) is 0 Å². The highest BCUT2D eigenvalue weighted by Crippen LogP contribution is 2.11. The molecule has 130 valence electrons. The molecule has 0 aromatic heterocycles. The molecule has 0 aliphatic rings. The van der Waals surface area contributed by atoms with Crippen LogP contribution in [0.5, 0.6) is 0 Å². The Labute approximate surface area is 135 Å². The van der Waals surface area contributed by atoms with Crippen LogP contribution < -0.4 is 0 Å². The molecule has 0 radical (unpaired) electrons. The van der Waals surface area contributed by atoms with E-state index < -0.39 is 18.2 Å². The number of aliphatic hydroxyl groups excluding tert-OH is 2. The molecule has 0 saturated heterocycles. The van der Waals surface area contributed by atoms with Crippen LogP contribution in [0.2, 0.25) is 0 Å². The zero-order valence-electron chi connectivity index (χ0n) is 14.0. The van der Waals surface area contributed by atoms with Crippen LogP contribution in [-0.2, 0) is 4.79 Å². The van der Waals surface area contributed by atoms with Crippen LogP contribution >= 0.6 is 0 Å². The Morgan fingerprint density at radius 3 is 1.77 bits per heavy atom. The number of hydrogen-bond donors (Lipinski definition) is 3. The van der Waals surface area contributed by atoms with Gasteiger partial charge in [0.1, 0.15) is 0 Å². The SMILES string of the molecule is CCCCC[C@@H](O)/C=C/[C@@H](O)CCCCCCCCC(=O)O. The lowest BCUT2D eigenvalue weighted by molar-refractivity contribution is -0.137. The van der Waals surface area contributed by atoms with E-state index in [9.17, 15) is 15.0 Å². The molecule has 4 nitrogen and oxygen atoms in total. The van der Waals surface area contributed by atoms with Crippen LogP contribution in [0.3, 0.4) is 0 Å². The summed E-state index contributed by atoms with van der Waals surface area (Å²) < 4.78 is 0. The van der Waals surface area contributed by atoms with Crippen molar-refractivity contribution >= 4 is 5.97 Å². The monoisotopic (exact) mass is 314 g/mol. The van der Waals surface area contributed by atoms with Crippen LogP contribution in [0, 0.1) is 0 Å². The molecular weight excluding hydrogens is 280 g/mol. The summed E-state index contributed by atoms with van der Waals surface area (Å²) in [6, 6.07) is 0. The third kappa shape index (κ3) is 15.5. The number of aliphatic hydroxyl groups is 2. The van der Waals surface area contributed by atoms with Gasteiger partial charge in [-0.2, -0.15) is 0 Å². The number of rotatable bonds is 15. The fraction of sp³-hybridized carbons (Fsp3) is 0.833. The third-order valence-corrected chi connectivity index (χ3v) is 3.80. The molecule has 0 aliphatic heterocycles. The van der Waals surface area contributed by atoms with Gasteiger partial charge in [0.25, 0.3) is 0 Å². The topological polar surface area (TPSA) is 77.8 Å². The quantitative estimate of drug-likeness (QED) is 0.315. The van der Waals surface area contributed by atoms with E-state index in [1.54, 1.807) is 12.2 Å². The predicted octanol–water partition coefficient (Wildman–Crippen LogP) is 4.05. The molecule has 0 rings (SSSR count). The fourth-order valence-electron chi connectivity index (χ4n) is 2.39. The zero-order chi connectivity index (χ0) is 16.6. The Morgan fingerprint density at radius 1 is 0.818 bits per heavy atom. The summed E-state index contributed by atoms with van der Waals surface area (Å²) in [4.78, 5) is 10.3. The molecular formula is C18H34O4. The minimum Gasteiger partial charge on any atom is -0.481 e. The van der Waals surface area contributed by atoms with Gasteiger partial charge < -0.3 is 15.3 Å². The van der Waals surface area contributed by atoms with E-state index in [4.69, 9.17) is 5.11 Å². The number of hydrogen-bond acceptors (Lipinski definition) is 3. The van der Waals surface area contributed by atoms with Gasteiger partial charge in [-0.25, -0.2) is 0 Å². The lowest BCUT2D eigenvalue weighted by Gasteiger charge is -2.08. The van der Waals surface area contributed by atoms with Crippen molar-refractivity contribution in [3.05, 3.63) is 12.2 Å². The molecule has 0 bridgehead atoms. The van der Waals surface area contributed by atoms with Gasteiger partial charge in [-0.05, 0) is 19.3 Å². The summed E-state index contributed by atoms with van der Waals surface area (Å²) in [5.41, 5.74) is 0. The minimum atomic E-state index is -0.716. The average molecular weight is 314 g/mol. The molecule has 0 aromatic rings. The van der Waals surface area contributed by atoms with Gasteiger partial charge in [0, 0.05) is 6.42 Å². The summed E-state index contributed by atoms with van der Waals surface area (Å²) in [7, 11) is 0. The highest BCUT2D eigenvalue weighted by Gasteiger charge is 2.03. The minimum absolute atomic E-state index is 0.268. The molecule has 0 aliphatic carbocycles. The molecule has 0 heterocycles. The second-order valence-corrected chi connectivity index (χ2v) is 6.07. The maximum Gasteiger partial charge on any atom is 0.303 e. The molecule has 0 saturated carbocycles. The van der Waals surface area contributed by atoms with E-state index >= 15 is 0 Å². The number of carboxylic acids is 1. The van der Waals surface area contributed by atoms with Gasteiger partial charge in [0.15, 0.2) is 0 Å². The highest BCUT2D eigenvalue weighted by atomic mass is 16.4. The first-order valence-corrected chi connectivity index (χ1v) is 8.82. The molecule has 22 heavy (non-hydrogen) atoms. The third-order valence-electron chi connectivity index (χ3n) is 3.80. The van der Waals surface area contributed by atoms with Crippen molar-refractivity contribution in [3.63, 3.8) is 0 Å². The van der Waals surface area contributed by atoms with Crippen molar-refractivity contribution in [2.75, 3.05) is 0 Å². The Bertz CT molecular complexity index is 289. The molecule has 0 aromatic carbocycles. The van der Waals surface area contributed by atoms with E-state index in [1.165, 1.54) is 0 Å². The van der Waals surface area contributed by atoms with Crippen LogP contribution in [0.15, 0.2) is 12.2 Å². The second-order valence-electron chi connectivity index (χ2n) is 6.07. The predicted molar refractivity (Wildman–Crippen MR) is 89.9 cm³/mol. The summed E-state index contributed by atoms with van der Waals surface area (Å²) in [5.74, 6) is -0.716. The van der Waals surface area contributed by atoms with Crippen LogP contribution in [0.4, 0.5) is 0 Å². The largest absolute Gasteiger partial charge is 0.481 e. The fourth-order valence-corrected chi connectivity index (χ4v) is 2.39. The lowest BCUT2D eigenvalue weighted by atomic mass is 10.0. The highest BCUT2D eigenvalue weighted by molar-refractivity contribution is 5.66. The van der Waals surface area contributed by atoms with Crippen LogP contribution in [0.1, 0.15) is 84.0 Å². The summed E-state index contributed by atoms with van der Waals surface area (Å²) >= 11 is 0. The summed E-state index contributed by atoms with van der Waals surface area (Å²) in [6.07, 6.45) is 13.5. The first kappa shape index (κ1) is 21.1. The van der Waals surface area contributed by atoms with Crippen LogP contribution in [-0.4, -0.2) is 33.5 Å². The van der Waals surface area contributed by atoms with Crippen molar-refractivity contribution < 1.29 is 20.1 Å². The Balaban J connectivity index is 3.44. The van der Waals surface area contributed by atoms with Crippen molar-refractivity contribution in [2.24, 2.45) is 0 Å². The standard InChI is InChI=1S/C18H34O4/c1-2-3-8-11-16(19)14-15-17(20)12-9-6-4-5-7-10-13-18(21)22/h14-17,19-20H,2-13H2,1H3,(H,21,22)/b15-14+/t16-,17+/m1/s1. The summed E-state index contributed by atoms with van der Waals surface area (Å²) in [5, 5.41) is 28.0. The van der Waals surface area contributed by atoms with E-state index in [-0.39, 0.29) is 6.42 Å². The van der Waals surface area contributed by atoms with E-state index in [0.717, 1.165) is 70.6 Å². The lowest BCUT2D eigenvalue weighted by Crippen LogP contribution is -2.06. The molecule has 3 N–H and O–H groups in total. The molecule has 0 spiro atoms. The molecule has 0 unspecified atom stereocenters. The maximum atomic E-state index is 10.3. The Kier molecular flexibility index (Phi) is 14.4. The Morgan fingerprint density at radius 2 is 1.27 bits per heavy atom. The van der Waals surface area contributed by atoms with E-state index in [1.807, 2.05) is 0 Å². The molecule has 0 fully saturated rings. The molecule has 2 atom stereocenters. The van der Waals surface area contributed by atoms with Gasteiger partial charge >= 0.3 is 5.97 Å². The van der Waals surface area contributed by atoms with Crippen molar-refractivity contribution in [2.45, 2.75) is 96.2 Å². The normalized spacial score (nSPS) is 14.3. The number of aliphatic carboxylic acids is 1. The van der Waals surface area contributed by atoms with E-state index in [0.29, 0.717) is 0 Å². The zero-order valence-corrected chi connectivity index (χ0v) is 14.0. The maximum absolute atomic E-state index is 10.3. The first-order valence-electron chi connectivity index (χ1n) is 8.82. The van der Waals surface area contributed by atoms with Gasteiger partial charge in [-0.3, -0.25) is 4.79 Å². The summed E-state index contributed by atoms with van der Waals surface area (Å²) in [6.45, 7) is 2.14. The average Bonchev–Trinajstić information content (AvgIpc) is 2.47. The van der Waals surface area contributed by atoms with Crippen molar-refractivity contribution in [1.82, 2.24) is 0 Å². The van der Waals surface area contributed by atoms with Gasteiger partial charge in [-0.1, -0.05) is 70.4 Å². The molecule has 4 heteroatoms. The molecule has 0 amide bonds. The Hall–Kier alpha value is -0.870. The van der Waals surface area contributed by atoms with Crippen molar-refractivity contribution in [3.8, 4) is 0 Å². The van der Waals surface area contributed by atoms with E-state index in [2.05, 4.69) is 6.92 Å². The number of carbonyl (C=O) groups is 1. The van der Waals surface area contributed by atoms with Gasteiger partial charge in [0.2, 0.25) is 0 Å². The smallest absolute Gasteiger partial charge is 0.303 e. The van der Waals surface area contributed by atoms with Gasteiger partial charge in [0.05, 0.1) is 12.2 Å². The number of carboxylic acid groups (broad SMARTS) is 1. The van der Waals surface area contributed by atoms with Gasteiger partial charge in [-0.15, -0.1) is 0 Å². The van der Waals surface area contributed by atoms with Crippen LogP contribution in [0.25, 0.3) is 0 Å². The number of unbranched alkanes of at least 4 members (excludes halogenated alkanes) is 7.